The molecule has 0 saturated carbocycles. The van der Waals surface area contributed by atoms with E-state index in [0.717, 1.165) is 17.3 Å². The Hall–Kier alpha value is -2.22. The van der Waals surface area contributed by atoms with Gasteiger partial charge in [-0.1, -0.05) is 24.8 Å². The van der Waals surface area contributed by atoms with Crippen LogP contribution in [0.3, 0.4) is 0 Å². The molecule has 0 spiro atoms. The number of methoxy groups -OCH3 is 2. The molecule has 1 fully saturated rings. The monoisotopic (exact) mass is 366 g/mol. The minimum Gasteiger partial charge on any atom is -0.493 e. The molecule has 1 heterocycles. The molecule has 0 radical (unpaired) electrons. The zero-order valence-electron chi connectivity index (χ0n) is 14.5. The van der Waals surface area contributed by atoms with Crippen molar-refractivity contribution in [3.63, 3.8) is 0 Å². The summed E-state index contributed by atoms with van der Waals surface area (Å²) in [6.45, 7) is 2.29. The molecule has 2 rings (SSSR count). The van der Waals surface area contributed by atoms with Crippen LogP contribution < -0.4 is 14.8 Å². The Balaban J connectivity index is 1.84. The first-order valence-electron chi connectivity index (χ1n) is 7.92. The zero-order chi connectivity index (χ0) is 18.4. The van der Waals surface area contributed by atoms with Crippen molar-refractivity contribution in [1.82, 2.24) is 10.2 Å². The van der Waals surface area contributed by atoms with Gasteiger partial charge in [-0.15, -0.1) is 0 Å². The number of hydrogen-bond donors (Lipinski definition) is 1. The summed E-state index contributed by atoms with van der Waals surface area (Å²) in [4.78, 5) is 36.4. The Bertz CT molecular complexity index is 648. The minimum absolute atomic E-state index is 0.124. The molecule has 1 saturated heterocycles. The van der Waals surface area contributed by atoms with Crippen molar-refractivity contribution in [2.75, 3.05) is 33.1 Å². The Morgan fingerprint density at radius 1 is 1.28 bits per heavy atom. The third-order valence-corrected chi connectivity index (χ3v) is 4.77. The maximum atomic E-state index is 12.2. The summed E-state index contributed by atoms with van der Waals surface area (Å²) in [5.41, 5.74) is 0.960. The Labute approximate surface area is 151 Å². The highest BCUT2D eigenvalue weighted by Gasteiger charge is 2.29. The second-order valence-corrected chi connectivity index (χ2v) is 6.61. The Morgan fingerprint density at radius 3 is 2.60 bits per heavy atom. The lowest BCUT2D eigenvalue weighted by Gasteiger charge is -2.16. The van der Waals surface area contributed by atoms with E-state index in [-0.39, 0.29) is 41.8 Å². The van der Waals surface area contributed by atoms with Gasteiger partial charge in [0.25, 0.3) is 5.24 Å². The lowest BCUT2D eigenvalue weighted by atomic mass is 10.00. The van der Waals surface area contributed by atoms with Gasteiger partial charge >= 0.3 is 0 Å². The average Bonchev–Trinajstić information content (AvgIpc) is 2.93. The van der Waals surface area contributed by atoms with Gasteiger partial charge in [0, 0.05) is 19.0 Å². The van der Waals surface area contributed by atoms with E-state index in [1.165, 1.54) is 4.90 Å². The molecule has 136 valence electrons. The van der Waals surface area contributed by atoms with E-state index in [1.54, 1.807) is 20.3 Å². The number of nitrogens with zero attached hydrogens (tertiary/aromatic N) is 1. The van der Waals surface area contributed by atoms with E-state index in [0.29, 0.717) is 17.9 Å². The lowest BCUT2D eigenvalue weighted by molar-refractivity contribution is -0.126. The molecule has 3 amide bonds. The van der Waals surface area contributed by atoms with Gasteiger partial charge in [0.1, 0.15) is 0 Å². The Kier molecular flexibility index (Phi) is 6.69. The van der Waals surface area contributed by atoms with Crippen molar-refractivity contribution in [2.24, 2.45) is 5.92 Å². The maximum absolute atomic E-state index is 12.2. The van der Waals surface area contributed by atoms with Gasteiger partial charge in [-0.05, 0) is 24.1 Å². The van der Waals surface area contributed by atoms with Crippen molar-refractivity contribution < 1.29 is 23.9 Å². The van der Waals surface area contributed by atoms with Gasteiger partial charge < -0.3 is 14.8 Å². The largest absolute Gasteiger partial charge is 0.493 e. The first kappa shape index (κ1) is 19.1. The van der Waals surface area contributed by atoms with E-state index >= 15 is 0 Å². The lowest BCUT2D eigenvalue weighted by Crippen LogP contribution is -2.39. The van der Waals surface area contributed by atoms with Crippen molar-refractivity contribution in [3.8, 4) is 11.5 Å². The number of carbonyl (C=O) groups excluding carboxylic acids is 3. The number of nitrogens with one attached hydrogen (secondary N) is 1. The molecule has 8 heteroatoms. The smallest absolute Gasteiger partial charge is 0.288 e. The SMILES string of the molecule is COc1ccc(CC(C)C(=O)NCCN2C(=O)CSC2=O)cc1OC. The van der Waals surface area contributed by atoms with Crippen LogP contribution in [0.4, 0.5) is 4.79 Å². The fourth-order valence-corrected chi connectivity index (χ4v) is 3.27. The minimum atomic E-state index is -0.252. The van der Waals surface area contributed by atoms with Crippen molar-refractivity contribution in [3.05, 3.63) is 23.8 Å². The summed E-state index contributed by atoms with van der Waals surface area (Å²) in [7, 11) is 3.14. The quantitative estimate of drug-likeness (QED) is 0.754. The number of ether oxygens (including phenoxy) is 2. The third-order valence-electron chi connectivity index (χ3n) is 3.91. The summed E-state index contributed by atoms with van der Waals surface area (Å²) in [6.07, 6.45) is 0.545. The fourth-order valence-electron chi connectivity index (χ4n) is 2.52. The van der Waals surface area contributed by atoms with Gasteiger partial charge in [0.15, 0.2) is 11.5 Å². The van der Waals surface area contributed by atoms with Crippen molar-refractivity contribution in [1.29, 1.82) is 0 Å². The number of thioether (sulfide) groups is 1. The van der Waals surface area contributed by atoms with E-state index in [4.69, 9.17) is 9.47 Å². The highest BCUT2D eigenvalue weighted by atomic mass is 32.2. The van der Waals surface area contributed by atoms with Crippen molar-refractivity contribution in [2.45, 2.75) is 13.3 Å². The molecule has 0 bridgehead atoms. The standard InChI is InChI=1S/C17H22N2O5S/c1-11(8-12-4-5-13(23-2)14(9-12)24-3)16(21)18-6-7-19-15(20)10-25-17(19)22/h4-5,9,11H,6-8,10H2,1-3H3,(H,18,21). The molecule has 0 aliphatic carbocycles. The summed E-state index contributed by atoms with van der Waals surface area (Å²) < 4.78 is 10.5. The molecule has 1 unspecified atom stereocenters. The van der Waals surface area contributed by atoms with Crippen LogP contribution in [0.5, 0.6) is 11.5 Å². The van der Waals surface area contributed by atoms with Crippen LogP contribution >= 0.6 is 11.8 Å². The molecule has 0 aromatic heterocycles. The number of hydrogen-bond acceptors (Lipinski definition) is 6. The van der Waals surface area contributed by atoms with Crippen LogP contribution in [0.2, 0.25) is 0 Å². The average molecular weight is 366 g/mol. The number of amides is 3. The predicted octanol–water partition coefficient (Wildman–Crippen LogP) is 1.69. The van der Waals surface area contributed by atoms with E-state index in [2.05, 4.69) is 5.32 Å². The molecule has 1 atom stereocenters. The predicted molar refractivity (Wildman–Crippen MR) is 95.0 cm³/mol. The third kappa shape index (κ3) is 4.88. The second-order valence-electron chi connectivity index (χ2n) is 5.69. The normalized spacial score (nSPS) is 15.2. The summed E-state index contributed by atoms with van der Waals surface area (Å²) in [6, 6.07) is 5.55. The fraction of sp³-hybridized carbons (Fsp3) is 0.471. The Morgan fingerprint density at radius 2 is 2.00 bits per heavy atom. The van der Waals surface area contributed by atoms with Gasteiger partial charge in [-0.3, -0.25) is 19.3 Å². The molecular formula is C17H22N2O5S. The highest BCUT2D eigenvalue weighted by molar-refractivity contribution is 8.14. The topological polar surface area (TPSA) is 84.9 Å². The molecule has 1 aliphatic rings. The van der Waals surface area contributed by atoms with Gasteiger partial charge in [0.05, 0.1) is 20.0 Å². The van der Waals surface area contributed by atoms with Gasteiger partial charge in [0.2, 0.25) is 11.8 Å². The number of imide groups is 1. The summed E-state index contributed by atoms with van der Waals surface area (Å²) in [5, 5.41) is 2.52. The molecule has 25 heavy (non-hydrogen) atoms. The van der Waals surface area contributed by atoms with Crippen molar-refractivity contribution >= 4 is 28.8 Å². The molecule has 1 aromatic rings. The summed E-state index contributed by atoms with van der Waals surface area (Å²) >= 11 is 0.989. The van der Waals surface area contributed by atoms with Crippen LogP contribution in [-0.4, -0.2) is 55.0 Å². The molecule has 1 aromatic carbocycles. The van der Waals surface area contributed by atoms with E-state index < -0.39 is 0 Å². The first-order valence-corrected chi connectivity index (χ1v) is 8.90. The first-order chi connectivity index (χ1) is 12.0. The molecular weight excluding hydrogens is 344 g/mol. The van der Waals surface area contributed by atoms with E-state index in [1.807, 2.05) is 19.1 Å². The zero-order valence-corrected chi connectivity index (χ0v) is 15.4. The van der Waals surface area contributed by atoms with Crippen LogP contribution in [-0.2, 0) is 16.0 Å². The van der Waals surface area contributed by atoms with Crippen LogP contribution in [0, 0.1) is 5.92 Å². The second kappa shape index (κ2) is 8.75. The molecule has 1 aliphatic heterocycles. The number of rotatable bonds is 8. The number of carbonyl (C=O) groups is 3. The molecule has 1 N–H and O–H groups in total. The maximum Gasteiger partial charge on any atom is 0.288 e. The van der Waals surface area contributed by atoms with Crippen LogP contribution in [0.15, 0.2) is 18.2 Å². The van der Waals surface area contributed by atoms with Crippen LogP contribution in [0.25, 0.3) is 0 Å². The highest BCUT2D eigenvalue weighted by Crippen LogP contribution is 2.28. The van der Waals surface area contributed by atoms with Crippen LogP contribution in [0.1, 0.15) is 12.5 Å². The van der Waals surface area contributed by atoms with Gasteiger partial charge in [-0.2, -0.15) is 0 Å². The number of benzene rings is 1. The molecule has 7 nitrogen and oxygen atoms in total. The van der Waals surface area contributed by atoms with E-state index in [9.17, 15) is 14.4 Å². The summed E-state index contributed by atoms with van der Waals surface area (Å²) in [5.74, 6) is 0.863. The van der Waals surface area contributed by atoms with Gasteiger partial charge in [-0.25, -0.2) is 0 Å².